The van der Waals surface area contributed by atoms with Crippen molar-refractivity contribution in [3.8, 4) is 5.88 Å². The molecule has 11 heteroatoms. The van der Waals surface area contributed by atoms with Gasteiger partial charge < -0.3 is 20.5 Å². The Morgan fingerprint density at radius 2 is 1.86 bits per heavy atom. The number of rotatable bonds is 6. The Hall–Kier alpha value is -3.34. The normalized spacial score (nSPS) is 11.4. The van der Waals surface area contributed by atoms with Gasteiger partial charge >= 0.3 is 5.97 Å². The average molecular weight is 406 g/mol. The van der Waals surface area contributed by atoms with Gasteiger partial charge in [0.05, 0.1) is 17.9 Å². The van der Waals surface area contributed by atoms with Gasteiger partial charge in [0.25, 0.3) is 5.56 Å². The fourth-order valence-corrected chi connectivity index (χ4v) is 2.85. The minimum atomic E-state index is -0.740. The second kappa shape index (κ2) is 9.04. The second-order valence-electron chi connectivity index (χ2n) is 5.57. The van der Waals surface area contributed by atoms with Gasteiger partial charge in [0.1, 0.15) is 0 Å². The highest BCUT2D eigenvalue weighted by molar-refractivity contribution is 8.00. The second-order valence-corrected chi connectivity index (χ2v) is 6.90. The van der Waals surface area contributed by atoms with E-state index in [0.29, 0.717) is 11.3 Å². The number of H-pyrrole nitrogens is 1. The Bertz CT molecular complexity index is 957. The van der Waals surface area contributed by atoms with Crippen LogP contribution in [0.1, 0.15) is 24.2 Å². The van der Waals surface area contributed by atoms with Gasteiger partial charge in [-0.1, -0.05) is 11.8 Å². The third-order valence-electron chi connectivity index (χ3n) is 3.41. The summed E-state index contributed by atoms with van der Waals surface area (Å²) in [6.07, 6.45) is 0. The molecule has 0 spiro atoms. The lowest BCUT2D eigenvalue weighted by Gasteiger charge is -2.12. The molecule has 1 unspecified atom stereocenters. The van der Waals surface area contributed by atoms with Gasteiger partial charge in [-0.05, 0) is 31.2 Å². The van der Waals surface area contributed by atoms with Crippen LogP contribution < -0.4 is 16.2 Å². The summed E-state index contributed by atoms with van der Waals surface area (Å²) in [6.45, 7) is 2.77. The maximum Gasteiger partial charge on any atom is 0.337 e. The van der Waals surface area contributed by atoms with E-state index in [0.717, 1.165) is 11.8 Å². The third-order valence-corrected chi connectivity index (χ3v) is 4.40. The number of aromatic amines is 1. The number of carbonyl (C=O) groups excluding carboxylic acids is 3. The molecular weight excluding hydrogens is 388 g/mol. The molecule has 10 nitrogen and oxygen atoms in total. The molecule has 0 saturated heterocycles. The predicted molar refractivity (Wildman–Crippen MR) is 103 cm³/mol. The smallest absolute Gasteiger partial charge is 0.337 e. The fourth-order valence-electron chi connectivity index (χ4n) is 2.06. The molecule has 1 aromatic carbocycles. The van der Waals surface area contributed by atoms with E-state index in [4.69, 9.17) is 0 Å². The molecule has 0 aliphatic rings. The SMILES string of the molecule is COC(=O)c1ccc(NC(=O)C(C)Sc2nc(O)c(NC(C)=O)c(=O)[nH]2)cc1. The lowest BCUT2D eigenvalue weighted by Crippen LogP contribution is -2.24. The Balaban J connectivity index is 2.05. The molecule has 1 aromatic heterocycles. The van der Waals surface area contributed by atoms with Gasteiger partial charge in [-0.3, -0.25) is 19.4 Å². The van der Waals surface area contributed by atoms with Gasteiger partial charge in [0, 0.05) is 12.6 Å². The number of anilines is 2. The number of carbonyl (C=O) groups is 3. The first-order chi connectivity index (χ1) is 13.2. The highest BCUT2D eigenvalue weighted by Crippen LogP contribution is 2.24. The third kappa shape index (κ3) is 5.33. The summed E-state index contributed by atoms with van der Waals surface area (Å²) >= 11 is 0.913. The van der Waals surface area contributed by atoms with Crippen molar-refractivity contribution in [1.82, 2.24) is 9.97 Å². The van der Waals surface area contributed by atoms with E-state index in [9.17, 15) is 24.3 Å². The number of amides is 2. The highest BCUT2D eigenvalue weighted by atomic mass is 32.2. The van der Waals surface area contributed by atoms with E-state index >= 15 is 0 Å². The number of nitrogens with zero attached hydrogens (tertiary/aromatic N) is 1. The van der Waals surface area contributed by atoms with Gasteiger partial charge in [-0.15, -0.1) is 0 Å². The molecule has 2 aromatic rings. The summed E-state index contributed by atoms with van der Waals surface area (Å²) in [6, 6.07) is 6.12. The standard InChI is InChI=1S/C17H18N4O6S/c1-8(13(23)19-11-6-4-10(5-7-11)16(26)27-3)28-17-20-14(24)12(15(25)21-17)18-9(2)22/h4-8H,1-3H3,(H,18,22)(H,19,23)(H2,20,21,24,25). The van der Waals surface area contributed by atoms with Gasteiger partial charge in [0.15, 0.2) is 10.8 Å². The Morgan fingerprint density at radius 3 is 2.39 bits per heavy atom. The number of aromatic hydroxyl groups is 1. The van der Waals surface area contributed by atoms with Crippen molar-refractivity contribution in [3.05, 3.63) is 40.2 Å². The summed E-state index contributed by atoms with van der Waals surface area (Å²) in [7, 11) is 1.27. The molecule has 2 rings (SSSR count). The van der Waals surface area contributed by atoms with Crippen LogP contribution in [0.4, 0.5) is 11.4 Å². The minimum Gasteiger partial charge on any atom is -0.492 e. The number of aromatic nitrogens is 2. The molecule has 0 aliphatic carbocycles. The van der Waals surface area contributed by atoms with E-state index in [1.807, 2.05) is 0 Å². The van der Waals surface area contributed by atoms with Crippen molar-refractivity contribution in [2.75, 3.05) is 17.7 Å². The first-order valence-corrected chi connectivity index (χ1v) is 8.86. The summed E-state index contributed by atoms with van der Waals surface area (Å²) in [4.78, 5) is 52.8. The van der Waals surface area contributed by atoms with E-state index in [1.54, 1.807) is 19.1 Å². The molecule has 0 bridgehead atoms. The predicted octanol–water partition coefficient (Wildman–Crippen LogP) is 1.34. The number of benzene rings is 1. The number of esters is 1. The molecule has 0 radical (unpaired) electrons. The van der Waals surface area contributed by atoms with Crippen molar-refractivity contribution in [1.29, 1.82) is 0 Å². The summed E-state index contributed by atoms with van der Waals surface area (Å²) < 4.78 is 4.60. The number of nitrogens with one attached hydrogen (secondary N) is 3. The summed E-state index contributed by atoms with van der Waals surface area (Å²) in [5.74, 6) is -2.05. The Labute approximate surface area is 163 Å². The lowest BCUT2D eigenvalue weighted by atomic mass is 10.2. The van der Waals surface area contributed by atoms with Crippen LogP contribution in [0.2, 0.25) is 0 Å². The molecule has 1 atom stereocenters. The Morgan fingerprint density at radius 1 is 1.21 bits per heavy atom. The maximum absolute atomic E-state index is 12.3. The van der Waals surface area contributed by atoms with Crippen LogP contribution in [0.5, 0.6) is 5.88 Å². The first kappa shape index (κ1) is 21.0. The molecule has 0 saturated carbocycles. The molecule has 0 fully saturated rings. The van der Waals surface area contributed by atoms with Gasteiger partial charge in [0.2, 0.25) is 17.7 Å². The van der Waals surface area contributed by atoms with Crippen molar-refractivity contribution in [3.63, 3.8) is 0 Å². The maximum atomic E-state index is 12.3. The van der Waals surface area contributed by atoms with Crippen molar-refractivity contribution < 1.29 is 24.2 Å². The number of hydrogen-bond donors (Lipinski definition) is 4. The van der Waals surface area contributed by atoms with Gasteiger partial charge in [-0.25, -0.2) is 4.79 Å². The number of hydrogen-bond acceptors (Lipinski definition) is 8. The van der Waals surface area contributed by atoms with Crippen molar-refractivity contribution in [2.45, 2.75) is 24.3 Å². The molecule has 2 amide bonds. The first-order valence-electron chi connectivity index (χ1n) is 7.98. The molecular formula is C17H18N4O6S. The lowest BCUT2D eigenvalue weighted by molar-refractivity contribution is -0.115. The average Bonchev–Trinajstić information content (AvgIpc) is 2.64. The van der Waals surface area contributed by atoms with E-state index < -0.39 is 28.6 Å². The zero-order valence-corrected chi connectivity index (χ0v) is 16.0. The zero-order chi connectivity index (χ0) is 20.8. The van der Waals surface area contributed by atoms with Crippen molar-refractivity contribution in [2.24, 2.45) is 0 Å². The monoisotopic (exact) mass is 406 g/mol. The van der Waals surface area contributed by atoms with E-state index in [2.05, 4.69) is 25.3 Å². The fraction of sp³-hybridized carbons (Fsp3) is 0.235. The zero-order valence-electron chi connectivity index (χ0n) is 15.2. The van der Waals surface area contributed by atoms with Gasteiger partial charge in [-0.2, -0.15) is 4.98 Å². The van der Waals surface area contributed by atoms with Crippen LogP contribution in [-0.4, -0.2) is 45.2 Å². The Kier molecular flexibility index (Phi) is 6.77. The highest BCUT2D eigenvalue weighted by Gasteiger charge is 2.19. The molecule has 148 valence electrons. The minimum absolute atomic E-state index is 0.0142. The number of thioether (sulfide) groups is 1. The van der Waals surface area contributed by atoms with Crippen LogP contribution in [0.15, 0.2) is 34.2 Å². The quantitative estimate of drug-likeness (QED) is 0.319. The molecule has 4 N–H and O–H groups in total. The number of ether oxygens (including phenoxy) is 1. The number of methoxy groups -OCH3 is 1. The van der Waals surface area contributed by atoms with Crippen LogP contribution >= 0.6 is 11.8 Å². The van der Waals surface area contributed by atoms with Crippen LogP contribution in [0.3, 0.4) is 0 Å². The van der Waals surface area contributed by atoms with Crippen LogP contribution in [-0.2, 0) is 14.3 Å². The largest absolute Gasteiger partial charge is 0.492 e. The van der Waals surface area contributed by atoms with Crippen molar-refractivity contribution >= 4 is 40.9 Å². The molecule has 0 aliphatic heterocycles. The molecule has 28 heavy (non-hydrogen) atoms. The van der Waals surface area contributed by atoms with Crippen LogP contribution in [0.25, 0.3) is 0 Å². The molecule has 1 heterocycles. The summed E-state index contributed by atoms with van der Waals surface area (Å²) in [5, 5.41) is 14.0. The van der Waals surface area contributed by atoms with Crippen LogP contribution in [0, 0.1) is 0 Å². The summed E-state index contributed by atoms with van der Waals surface area (Å²) in [5.41, 5.74) is -0.286. The van der Waals surface area contributed by atoms with E-state index in [-0.39, 0.29) is 16.8 Å². The van der Waals surface area contributed by atoms with E-state index in [1.165, 1.54) is 26.2 Å². The topological polar surface area (TPSA) is 150 Å².